The highest BCUT2D eigenvalue weighted by atomic mass is 16.1. The number of hydrogen-bond acceptors (Lipinski definition) is 1. The average molecular weight is 152 g/mol. The lowest BCUT2D eigenvalue weighted by molar-refractivity contribution is -0.112. The van der Waals surface area contributed by atoms with Gasteiger partial charge >= 0.3 is 0 Å². The van der Waals surface area contributed by atoms with Gasteiger partial charge in [-0.15, -0.1) is 0 Å². The van der Waals surface area contributed by atoms with E-state index in [1.54, 1.807) is 19.1 Å². The topological polar surface area (TPSA) is 17.1 Å². The first kappa shape index (κ1) is 10.2. The van der Waals surface area contributed by atoms with Crippen LogP contribution in [0.25, 0.3) is 0 Å². The van der Waals surface area contributed by atoms with Gasteiger partial charge in [-0.25, -0.2) is 0 Å². The lowest BCUT2D eigenvalue weighted by Crippen LogP contribution is -1.77. The molecule has 1 nitrogen and oxygen atoms in total. The Hall–Kier alpha value is -0.850. The largest absolute Gasteiger partial charge is 0.295 e. The van der Waals surface area contributed by atoms with Crippen molar-refractivity contribution in [3.8, 4) is 0 Å². The Bertz CT molecular complexity index is 154. The van der Waals surface area contributed by atoms with Crippen molar-refractivity contribution in [2.75, 3.05) is 0 Å². The van der Waals surface area contributed by atoms with Crippen LogP contribution in [0.1, 0.15) is 33.1 Å². The summed E-state index contributed by atoms with van der Waals surface area (Å²) in [6.07, 6.45) is 10.9. The van der Waals surface area contributed by atoms with Gasteiger partial charge in [-0.1, -0.05) is 38.0 Å². The summed E-state index contributed by atoms with van der Waals surface area (Å²) in [6.45, 7) is 3.72. The molecule has 0 saturated heterocycles. The Morgan fingerprint density at radius 1 is 1.36 bits per heavy atom. The second kappa shape index (κ2) is 7.26. The van der Waals surface area contributed by atoms with Crippen LogP contribution in [0, 0.1) is 0 Å². The number of hydrogen-bond donors (Lipinski definition) is 0. The number of unbranched alkanes of at least 4 members (excludes halogenated alkanes) is 2. The third kappa shape index (κ3) is 9.15. The van der Waals surface area contributed by atoms with Crippen molar-refractivity contribution in [3.63, 3.8) is 0 Å². The molecule has 0 aromatic carbocycles. The molecule has 11 heavy (non-hydrogen) atoms. The molecule has 0 aromatic rings. The maximum absolute atomic E-state index is 10.4. The Labute approximate surface area is 68.8 Å². The van der Waals surface area contributed by atoms with E-state index >= 15 is 0 Å². The second-order valence-corrected chi connectivity index (χ2v) is 2.54. The Balaban J connectivity index is 3.36. The maximum atomic E-state index is 10.4. The highest BCUT2D eigenvalue weighted by molar-refractivity contribution is 5.87. The molecule has 0 N–H and O–H groups in total. The van der Waals surface area contributed by atoms with Gasteiger partial charge in [0.25, 0.3) is 0 Å². The van der Waals surface area contributed by atoms with Gasteiger partial charge < -0.3 is 0 Å². The summed E-state index contributed by atoms with van der Waals surface area (Å²) in [5, 5.41) is 0. The van der Waals surface area contributed by atoms with Crippen molar-refractivity contribution in [2.45, 2.75) is 33.1 Å². The number of rotatable bonds is 5. The first-order valence-corrected chi connectivity index (χ1v) is 4.11. The van der Waals surface area contributed by atoms with Crippen LogP contribution in [0.15, 0.2) is 24.3 Å². The first-order valence-electron chi connectivity index (χ1n) is 4.11. The maximum Gasteiger partial charge on any atom is 0.152 e. The summed E-state index contributed by atoms with van der Waals surface area (Å²) in [5.74, 6) is 0.102. The van der Waals surface area contributed by atoms with Crippen LogP contribution in [0.4, 0.5) is 0 Å². The van der Waals surface area contributed by atoms with Gasteiger partial charge in [-0.05, 0) is 19.4 Å². The average Bonchev–Trinajstić information content (AvgIpc) is 1.96. The molecule has 0 fully saturated rings. The molecule has 0 atom stereocenters. The van der Waals surface area contributed by atoms with Gasteiger partial charge in [-0.2, -0.15) is 0 Å². The van der Waals surface area contributed by atoms with Crippen LogP contribution < -0.4 is 0 Å². The molecule has 0 radical (unpaired) electrons. The standard InChI is InChI=1S/C10H16O/c1-3-4-5-6-7-8-9-10(2)11/h6-9H,3-5H2,1-2H3. The van der Waals surface area contributed by atoms with E-state index in [-0.39, 0.29) is 5.78 Å². The van der Waals surface area contributed by atoms with Crippen LogP contribution in [-0.4, -0.2) is 5.78 Å². The molecule has 0 aliphatic carbocycles. The van der Waals surface area contributed by atoms with E-state index in [0.717, 1.165) is 6.42 Å². The second-order valence-electron chi connectivity index (χ2n) is 2.54. The molecule has 0 heterocycles. The van der Waals surface area contributed by atoms with E-state index in [9.17, 15) is 4.79 Å². The molecular weight excluding hydrogens is 136 g/mol. The Morgan fingerprint density at radius 2 is 2.09 bits per heavy atom. The fourth-order valence-corrected chi connectivity index (χ4v) is 0.688. The van der Waals surface area contributed by atoms with E-state index in [2.05, 4.69) is 13.0 Å². The van der Waals surface area contributed by atoms with Gasteiger partial charge in [0.05, 0.1) is 0 Å². The summed E-state index contributed by atoms with van der Waals surface area (Å²) in [6, 6.07) is 0. The molecule has 0 aliphatic heterocycles. The smallest absolute Gasteiger partial charge is 0.152 e. The van der Waals surface area contributed by atoms with Crippen molar-refractivity contribution >= 4 is 5.78 Å². The molecule has 1 heteroatoms. The van der Waals surface area contributed by atoms with Crippen molar-refractivity contribution < 1.29 is 4.79 Å². The molecule has 0 spiro atoms. The highest BCUT2D eigenvalue weighted by Gasteiger charge is 1.78. The molecule has 0 aliphatic rings. The van der Waals surface area contributed by atoms with Crippen LogP contribution in [0.5, 0.6) is 0 Å². The van der Waals surface area contributed by atoms with Crippen molar-refractivity contribution in [3.05, 3.63) is 24.3 Å². The molecule has 0 aromatic heterocycles. The summed E-state index contributed by atoms with van der Waals surface area (Å²) in [4.78, 5) is 10.4. The van der Waals surface area contributed by atoms with E-state index in [0.29, 0.717) is 0 Å². The predicted octanol–water partition coefficient (Wildman–Crippen LogP) is 2.88. The minimum atomic E-state index is 0.102. The fourth-order valence-electron chi connectivity index (χ4n) is 0.688. The molecular formula is C10H16O. The van der Waals surface area contributed by atoms with Crippen LogP contribution in [-0.2, 0) is 4.79 Å². The molecule has 0 unspecified atom stereocenters. The van der Waals surface area contributed by atoms with E-state index in [4.69, 9.17) is 0 Å². The first-order chi connectivity index (χ1) is 5.27. The van der Waals surface area contributed by atoms with Gasteiger partial charge in [0.15, 0.2) is 5.78 Å². The summed E-state index contributed by atoms with van der Waals surface area (Å²) in [7, 11) is 0. The minimum Gasteiger partial charge on any atom is -0.295 e. The van der Waals surface area contributed by atoms with Crippen molar-refractivity contribution in [1.82, 2.24) is 0 Å². The summed E-state index contributed by atoms with van der Waals surface area (Å²) >= 11 is 0. The summed E-state index contributed by atoms with van der Waals surface area (Å²) < 4.78 is 0. The lowest BCUT2D eigenvalue weighted by atomic mass is 10.2. The zero-order valence-corrected chi connectivity index (χ0v) is 7.34. The number of allylic oxidation sites excluding steroid dienone is 4. The minimum absolute atomic E-state index is 0.102. The molecule has 62 valence electrons. The zero-order chi connectivity index (χ0) is 8.53. The van der Waals surface area contributed by atoms with Crippen LogP contribution in [0.3, 0.4) is 0 Å². The van der Waals surface area contributed by atoms with E-state index in [1.165, 1.54) is 12.8 Å². The third-order valence-corrected chi connectivity index (χ3v) is 1.30. The Kier molecular flexibility index (Phi) is 6.70. The SMILES string of the molecule is CCCCC=CC=CC(C)=O. The van der Waals surface area contributed by atoms with Crippen molar-refractivity contribution in [1.29, 1.82) is 0 Å². The van der Waals surface area contributed by atoms with Gasteiger partial charge in [0.2, 0.25) is 0 Å². The summed E-state index contributed by atoms with van der Waals surface area (Å²) in [5.41, 5.74) is 0. The van der Waals surface area contributed by atoms with Crippen LogP contribution in [0.2, 0.25) is 0 Å². The Morgan fingerprint density at radius 3 is 2.64 bits per heavy atom. The zero-order valence-electron chi connectivity index (χ0n) is 7.34. The fraction of sp³-hybridized carbons (Fsp3) is 0.500. The quantitative estimate of drug-likeness (QED) is 0.336. The molecule has 0 amide bonds. The van der Waals surface area contributed by atoms with Gasteiger partial charge in [0.1, 0.15) is 0 Å². The number of ketones is 1. The van der Waals surface area contributed by atoms with Gasteiger partial charge in [0, 0.05) is 0 Å². The predicted molar refractivity (Wildman–Crippen MR) is 48.5 cm³/mol. The number of carbonyl (C=O) groups excluding carboxylic acids is 1. The number of carbonyl (C=O) groups is 1. The third-order valence-electron chi connectivity index (χ3n) is 1.30. The van der Waals surface area contributed by atoms with Crippen LogP contribution >= 0.6 is 0 Å². The van der Waals surface area contributed by atoms with E-state index in [1.807, 2.05) is 6.08 Å². The lowest BCUT2D eigenvalue weighted by Gasteiger charge is -1.85. The molecule has 0 saturated carbocycles. The molecule has 0 rings (SSSR count). The molecule has 0 bridgehead atoms. The van der Waals surface area contributed by atoms with E-state index < -0.39 is 0 Å². The normalized spacial score (nSPS) is 11.5. The van der Waals surface area contributed by atoms with Gasteiger partial charge in [-0.3, -0.25) is 4.79 Å². The highest BCUT2D eigenvalue weighted by Crippen LogP contribution is 1.94. The van der Waals surface area contributed by atoms with Crippen molar-refractivity contribution in [2.24, 2.45) is 0 Å². The monoisotopic (exact) mass is 152 g/mol.